The first-order chi connectivity index (χ1) is 6.13. The smallest absolute Gasteiger partial charge is 0.170 e. The van der Waals surface area contributed by atoms with E-state index in [1.54, 1.807) is 13.1 Å². The summed E-state index contributed by atoms with van der Waals surface area (Å²) in [6.45, 7) is 0. The normalized spacial score (nSPS) is 9.46. The topological polar surface area (TPSA) is 24.1 Å². The van der Waals surface area contributed by atoms with Gasteiger partial charge in [0.05, 0.1) is 5.69 Å². The van der Waals surface area contributed by atoms with Crippen LogP contribution in [0.5, 0.6) is 0 Å². The summed E-state index contributed by atoms with van der Waals surface area (Å²) in [5.41, 5.74) is 0.309. The first kappa shape index (κ1) is 10.2. The number of benzene rings is 1. The second kappa shape index (κ2) is 4.39. The van der Waals surface area contributed by atoms with E-state index in [0.29, 0.717) is 15.8 Å². The lowest BCUT2D eigenvalue weighted by molar-refractivity contribution is 0.632. The number of thiocarbonyl (C=S) groups is 1. The Morgan fingerprint density at radius 3 is 2.77 bits per heavy atom. The van der Waals surface area contributed by atoms with E-state index in [9.17, 15) is 4.39 Å². The fourth-order valence-electron chi connectivity index (χ4n) is 0.776. The van der Waals surface area contributed by atoms with Gasteiger partial charge in [0.15, 0.2) is 5.11 Å². The summed E-state index contributed by atoms with van der Waals surface area (Å²) >= 11 is 10.4. The highest BCUT2D eigenvalue weighted by molar-refractivity contribution is 7.80. The summed E-state index contributed by atoms with van der Waals surface area (Å²) < 4.78 is 13.1. The molecule has 0 aliphatic heterocycles. The van der Waals surface area contributed by atoms with Crippen molar-refractivity contribution in [2.24, 2.45) is 0 Å². The molecule has 0 bridgehead atoms. The molecule has 1 rings (SSSR count). The molecule has 0 unspecified atom stereocenters. The minimum Gasteiger partial charge on any atom is -0.366 e. The molecule has 0 heterocycles. The van der Waals surface area contributed by atoms with Crippen LogP contribution >= 0.6 is 23.8 Å². The molecule has 0 aliphatic carbocycles. The van der Waals surface area contributed by atoms with E-state index >= 15 is 0 Å². The van der Waals surface area contributed by atoms with E-state index in [-0.39, 0.29) is 0 Å². The third-order valence-corrected chi connectivity index (χ3v) is 1.95. The highest BCUT2D eigenvalue weighted by atomic mass is 35.5. The van der Waals surface area contributed by atoms with E-state index in [1.807, 2.05) is 0 Å². The summed E-state index contributed by atoms with van der Waals surface area (Å²) in [7, 11) is 1.66. The molecule has 0 atom stereocenters. The van der Waals surface area contributed by atoms with Gasteiger partial charge in [-0.3, -0.25) is 0 Å². The van der Waals surface area contributed by atoms with Gasteiger partial charge in [0, 0.05) is 12.1 Å². The Bertz CT molecular complexity index is 330. The highest BCUT2D eigenvalue weighted by Crippen LogP contribution is 2.18. The average Bonchev–Trinajstić information content (AvgIpc) is 2.09. The summed E-state index contributed by atoms with van der Waals surface area (Å²) in [5, 5.41) is 6.07. The molecule has 13 heavy (non-hydrogen) atoms. The largest absolute Gasteiger partial charge is 0.366 e. The maximum Gasteiger partial charge on any atom is 0.170 e. The van der Waals surface area contributed by atoms with Gasteiger partial charge in [-0.1, -0.05) is 11.6 Å². The zero-order chi connectivity index (χ0) is 9.84. The maximum absolute atomic E-state index is 13.1. The highest BCUT2D eigenvalue weighted by Gasteiger charge is 2.02. The molecule has 0 saturated heterocycles. The Hall–Kier alpha value is -0.870. The average molecular weight is 219 g/mol. The minimum atomic E-state index is -0.426. The predicted molar refractivity (Wildman–Crippen MR) is 56.7 cm³/mol. The van der Waals surface area contributed by atoms with Crippen LogP contribution in [0.25, 0.3) is 0 Å². The summed E-state index contributed by atoms with van der Waals surface area (Å²) in [6, 6.07) is 4.34. The number of rotatable bonds is 1. The maximum atomic E-state index is 13.1. The van der Waals surface area contributed by atoms with Crippen molar-refractivity contribution in [1.29, 1.82) is 0 Å². The Balaban J connectivity index is 2.83. The van der Waals surface area contributed by atoms with Crippen LogP contribution in [0.2, 0.25) is 5.02 Å². The molecule has 0 amide bonds. The lowest BCUT2D eigenvalue weighted by atomic mass is 10.3. The van der Waals surface area contributed by atoms with Crippen molar-refractivity contribution in [3.05, 3.63) is 29.0 Å². The molecular formula is C8H8ClFN2S. The quantitative estimate of drug-likeness (QED) is 0.708. The summed E-state index contributed by atoms with van der Waals surface area (Å²) in [6.07, 6.45) is 0. The van der Waals surface area contributed by atoms with Gasteiger partial charge in [-0.05, 0) is 30.4 Å². The van der Waals surface area contributed by atoms with Crippen molar-refractivity contribution in [3.63, 3.8) is 0 Å². The molecule has 1 aromatic rings. The second-order valence-electron chi connectivity index (χ2n) is 2.33. The molecule has 0 spiro atoms. The van der Waals surface area contributed by atoms with Crippen molar-refractivity contribution < 1.29 is 4.39 Å². The molecular weight excluding hydrogens is 211 g/mol. The zero-order valence-corrected chi connectivity index (χ0v) is 8.47. The zero-order valence-electron chi connectivity index (χ0n) is 6.90. The van der Waals surface area contributed by atoms with Crippen LogP contribution in [0.3, 0.4) is 0 Å². The molecule has 0 fully saturated rings. The van der Waals surface area contributed by atoms with E-state index in [2.05, 4.69) is 10.6 Å². The fraction of sp³-hybridized carbons (Fsp3) is 0.125. The van der Waals surface area contributed by atoms with Gasteiger partial charge >= 0.3 is 0 Å². The fourth-order valence-corrected chi connectivity index (χ4v) is 1.04. The number of halogens is 2. The number of nitrogens with one attached hydrogen (secondary N) is 2. The first-order valence-electron chi connectivity index (χ1n) is 3.57. The van der Waals surface area contributed by atoms with Crippen LogP contribution in [-0.2, 0) is 0 Å². The first-order valence-corrected chi connectivity index (χ1v) is 4.36. The molecule has 0 saturated carbocycles. The SMILES string of the molecule is CNC(=S)Nc1ccc(Cl)cc1F. The van der Waals surface area contributed by atoms with Crippen molar-refractivity contribution in [2.75, 3.05) is 12.4 Å². The second-order valence-corrected chi connectivity index (χ2v) is 3.17. The van der Waals surface area contributed by atoms with Crippen molar-refractivity contribution in [1.82, 2.24) is 5.32 Å². The molecule has 0 aromatic heterocycles. The van der Waals surface area contributed by atoms with E-state index in [4.69, 9.17) is 23.8 Å². The van der Waals surface area contributed by atoms with Gasteiger partial charge in [-0.2, -0.15) is 0 Å². The van der Waals surface area contributed by atoms with Gasteiger partial charge < -0.3 is 10.6 Å². The monoisotopic (exact) mass is 218 g/mol. The number of hydrogen-bond acceptors (Lipinski definition) is 1. The molecule has 0 aliphatic rings. The standard InChI is InChI=1S/C8H8ClFN2S/c1-11-8(13)12-7-3-2-5(9)4-6(7)10/h2-4H,1H3,(H2,11,12,13). The predicted octanol–water partition coefficient (Wildman–Crippen LogP) is 2.40. The van der Waals surface area contributed by atoms with Crippen molar-refractivity contribution in [2.45, 2.75) is 0 Å². The molecule has 5 heteroatoms. The van der Waals surface area contributed by atoms with E-state index in [0.717, 1.165) is 0 Å². The molecule has 1 aromatic carbocycles. The molecule has 2 nitrogen and oxygen atoms in total. The minimum absolute atomic E-state index is 0.309. The summed E-state index contributed by atoms with van der Waals surface area (Å²) in [5.74, 6) is -0.426. The molecule has 2 N–H and O–H groups in total. The van der Waals surface area contributed by atoms with Gasteiger partial charge in [-0.25, -0.2) is 4.39 Å². The molecule has 70 valence electrons. The van der Waals surface area contributed by atoms with Crippen molar-refractivity contribution >= 4 is 34.6 Å². The Morgan fingerprint density at radius 2 is 2.23 bits per heavy atom. The van der Waals surface area contributed by atoms with Crippen LogP contribution < -0.4 is 10.6 Å². The van der Waals surface area contributed by atoms with Crippen LogP contribution in [0.15, 0.2) is 18.2 Å². The Labute approximate surface area is 86.1 Å². The summed E-state index contributed by atoms with van der Waals surface area (Å²) in [4.78, 5) is 0. The van der Waals surface area contributed by atoms with Crippen LogP contribution in [-0.4, -0.2) is 12.2 Å². The number of hydrogen-bond donors (Lipinski definition) is 2. The lowest BCUT2D eigenvalue weighted by Crippen LogP contribution is -2.24. The van der Waals surface area contributed by atoms with Gasteiger partial charge in [0.1, 0.15) is 5.82 Å². The van der Waals surface area contributed by atoms with Gasteiger partial charge in [0.2, 0.25) is 0 Å². The molecule has 0 radical (unpaired) electrons. The third-order valence-electron chi connectivity index (χ3n) is 1.41. The number of anilines is 1. The Kier molecular flexibility index (Phi) is 3.45. The van der Waals surface area contributed by atoms with Crippen LogP contribution in [0.1, 0.15) is 0 Å². The van der Waals surface area contributed by atoms with E-state index in [1.165, 1.54) is 12.1 Å². The van der Waals surface area contributed by atoms with Crippen LogP contribution in [0.4, 0.5) is 10.1 Å². The van der Waals surface area contributed by atoms with Crippen molar-refractivity contribution in [3.8, 4) is 0 Å². The lowest BCUT2D eigenvalue weighted by Gasteiger charge is -2.07. The van der Waals surface area contributed by atoms with Gasteiger partial charge in [-0.15, -0.1) is 0 Å². The Morgan fingerprint density at radius 1 is 1.54 bits per heavy atom. The van der Waals surface area contributed by atoms with Crippen LogP contribution in [0, 0.1) is 5.82 Å². The third kappa shape index (κ3) is 2.82. The van der Waals surface area contributed by atoms with Gasteiger partial charge in [0.25, 0.3) is 0 Å². The van der Waals surface area contributed by atoms with E-state index < -0.39 is 5.82 Å².